The number of phenols is 1. The van der Waals surface area contributed by atoms with E-state index in [1.54, 1.807) is 12.1 Å². The van der Waals surface area contributed by atoms with Gasteiger partial charge in [-0.05, 0) is 24.5 Å². The summed E-state index contributed by atoms with van der Waals surface area (Å²) in [6.07, 6.45) is 2.31. The Labute approximate surface area is 71.5 Å². The lowest BCUT2D eigenvalue weighted by molar-refractivity contribution is 0.150. The average molecular weight is 164 g/mol. The summed E-state index contributed by atoms with van der Waals surface area (Å²) >= 11 is 0. The van der Waals surface area contributed by atoms with Crippen molar-refractivity contribution < 1.29 is 10.2 Å². The van der Waals surface area contributed by atoms with Crippen LogP contribution in [0.3, 0.4) is 0 Å². The summed E-state index contributed by atoms with van der Waals surface area (Å²) in [6, 6.07) is 7.17. The lowest BCUT2D eigenvalue weighted by atomic mass is 10.1. The molecule has 2 heteroatoms. The van der Waals surface area contributed by atoms with Gasteiger partial charge in [0.25, 0.3) is 0 Å². The van der Waals surface area contributed by atoms with Crippen LogP contribution < -0.4 is 0 Å². The Bertz CT molecular complexity index is 290. The third-order valence-corrected chi connectivity index (χ3v) is 2.34. The van der Waals surface area contributed by atoms with E-state index in [0.717, 1.165) is 18.4 Å². The molecule has 1 fully saturated rings. The highest BCUT2D eigenvalue weighted by molar-refractivity contribution is 5.33. The number of aliphatic hydroxyl groups is 1. The molecule has 1 saturated carbocycles. The minimum Gasteiger partial charge on any atom is -0.508 e. The van der Waals surface area contributed by atoms with E-state index in [1.165, 1.54) is 0 Å². The zero-order valence-corrected chi connectivity index (χ0v) is 6.83. The standard InChI is InChI=1S/C10H12O2/c11-9-4-2-1-3-8(9)7-10(12)5-6-10/h1-4,11-12H,5-7H2. The Morgan fingerprint density at radius 2 is 1.92 bits per heavy atom. The largest absolute Gasteiger partial charge is 0.508 e. The topological polar surface area (TPSA) is 40.5 Å². The second kappa shape index (κ2) is 2.49. The molecule has 1 aliphatic carbocycles. The van der Waals surface area contributed by atoms with Crippen LogP contribution in [0.15, 0.2) is 24.3 Å². The Morgan fingerprint density at radius 1 is 1.25 bits per heavy atom. The molecule has 2 N–H and O–H groups in total. The smallest absolute Gasteiger partial charge is 0.118 e. The molecule has 0 aliphatic heterocycles. The zero-order chi connectivity index (χ0) is 8.60. The van der Waals surface area contributed by atoms with Crippen LogP contribution in [0, 0.1) is 0 Å². The van der Waals surface area contributed by atoms with E-state index in [4.69, 9.17) is 0 Å². The van der Waals surface area contributed by atoms with Crippen LogP contribution in [0.4, 0.5) is 0 Å². The van der Waals surface area contributed by atoms with Crippen molar-refractivity contribution >= 4 is 0 Å². The van der Waals surface area contributed by atoms with Gasteiger partial charge >= 0.3 is 0 Å². The Kier molecular flexibility index (Phi) is 1.58. The maximum absolute atomic E-state index is 9.60. The van der Waals surface area contributed by atoms with E-state index in [1.807, 2.05) is 12.1 Å². The van der Waals surface area contributed by atoms with E-state index in [2.05, 4.69) is 0 Å². The summed E-state index contributed by atoms with van der Waals surface area (Å²) in [7, 11) is 0. The Balaban J connectivity index is 2.17. The summed E-state index contributed by atoms with van der Waals surface area (Å²) < 4.78 is 0. The van der Waals surface area contributed by atoms with Crippen LogP contribution in [-0.4, -0.2) is 15.8 Å². The summed E-state index contributed by atoms with van der Waals surface area (Å²) in [5.74, 6) is 0.290. The SMILES string of the molecule is Oc1ccccc1CC1(O)CC1. The molecule has 0 heterocycles. The average Bonchev–Trinajstić information content (AvgIpc) is 2.74. The molecule has 1 aromatic rings. The number of para-hydroxylation sites is 1. The van der Waals surface area contributed by atoms with E-state index < -0.39 is 5.60 Å². The molecule has 0 radical (unpaired) electrons. The van der Waals surface area contributed by atoms with Crippen molar-refractivity contribution in [3.8, 4) is 5.75 Å². The molecule has 0 saturated heterocycles. The van der Waals surface area contributed by atoms with Crippen molar-refractivity contribution in [1.82, 2.24) is 0 Å². The highest BCUT2D eigenvalue weighted by atomic mass is 16.3. The van der Waals surface area contributed by atoms with Gasteiger partial charge in [-0.3, -0.25) is 0 Å². The summed E-state index contributed by atoms with van der Waals surface area (Å²) in [4.78, 5) is 0. The molecule has 64 valence electrons. The third-order valence-electron chi connectivity index (χ3n) is 2.34. The van der Waals surface area contributed by atoms with Gasteiger partial charge in [0.05, 0.1) is 5.60 Å². The first kappa shape index (κ1) is 7.62. The first-order valence-corrected chi connectivity index (χ1v) is 4.19. The quantitative estimate of drug-likeness (QED) is 0.694. The molecule has 0 aromatic heterocycles. The summed E-state index contributed by atoms with van der Waals surface area (Å²) in [6.45, 7) is 0. The van der Waals surface area contributed by atoms with Crippen molar-refractivity contribution in [2.45, 2.75) is 24.9 Å². The minimum atomic E-state index is -0.515. The lowest BCUT2D eigenvalue weighted by Crippen LogP contribution is -2.10. The predicted molar refractivity (Wildman–Crippen MR) is 46.0 cm³/mol. The Hall–Kier alpha value is -1.02. The van der Waals surface area contributed by atoms with E-state index in [9.17, 15) is 10.2 Å². The van der Waals surface area contributed by atoms with E-state index >= 15 is 0 Å². The lowest BCUT2D eigenvalue weighted by Gasteiger charge is -2.08. The van der Waals surface area contributed by atoms with Gasteiger partial charge in [0.1, 0.15) is 5.75 Å². The van der Waals surface area contributed by atoms with Crippen LogP contribution in [0.1, 0.15) is 18.4 Å². The molecule has 0 bridgehead atoms. The zero-order valence-electron chi connectivity index (χ0n) is 6.83. The molecular formula is C10H12O2. The fourth-order valence-electron chi connectivity index (χ4n) is 1.34. The molecule has 1 aliphatic rings. The first-order chi connectivity index (χ1) is 5.70. The van der Waals surface area contributed by atoms with Gasteiger partial charge in [0.2, 0.25) is 0 Å². The molecule has 0 unspecified atom stereocenters. The fourth-order valence-corrected chi connectivity index (χ4v) is 1.34. The molecule has 12 heavy (non-hydrogen) atoms. The highest BCUT2D eigenvalue weighted by Gasteiger charge is 2.40. The van der Waals surface area contributed by atoms with Gasteiger partial charge in [0, 0.05) is 6.42 Å². The second-order valence-electron chi connectivity index (χ2n) is 3.53. The molecule has 0 spiro atoms. The molecular weight excluding hydrogens is 152 g/mol. The van der Waals surface area contributed by atoms with Gasteiger partial charge in [-0.2, -0.15) is 0 Å². The van der Waals surface area contributed by atoms with E-state index in [0.29, 0.717) is 6.42 Å². The number of benzene rings is 1. The first-order valence-electron chi connectivity index (χ1n) is 4.19. The normalized spacial score (nSPS) is 19.1. The molecule has 0 atom stereocenters. The fraction of sp³-hybridized carbons (Fsp3) is 0.400. The monoisotopic (exact) mass is 164 g/mol. The van der Waals surface area contributed by atoms with Crippen LogP contribution in [0.25, 0.3) is 0 Å². The van der Waals surface area contributed by atoms with Crippen molar-refractivity contribution in [3.63, 3.8) is 0 Å². The van der Waals surface area contributed by atoms with Crippen LogP contribution in [0.2, 0.25) is 0 Å². The highest BCUT2D eigenvalue weighted by Crippen LogP contribution is 2.39. The number of aromatic hydroxyl groups is 1. The second-order valence-corrected chi connectivity index (χ2v) is 3.53. The molecule has 2 rings (SSSR count). The maximum Gasteiger partial charge on any atom is 0.118 e. The van der Waals surface area contributed by atoms with Gasteiger partial charge in [0.15, 0.2) is 0 Å². The third kappa shape index (κ3) is 1.43. The summed E-state index contributed by atoms with van der Waals surface area (Å²) in [5.41, 5.74) is 0.330. The van der Waals surface area contributed by atoms with Crippen molar-refractivity contribution in [3.05, 3.63) is 29.8 Å². The van der Waals surface area contributed by atoms with E-state index in [-0.39, 0.29) is 5.75 Å². The maximum atomic E-state index is 9.60. The predicted octanol–water partition coefficient (Wildman–Crippen LogP) is 1.46. The molecule has 2 nitrogen and oxygen atoms in total. The van der Waals surface area contributed by atoms with Crippen molar-refractivity contribution in [1.29, 1.82) is 0 Å². The molecule has 0 amide bonds. The van der Waals surface area contributed by atoms with Gasteiger partial charge in [-0.15, -0.1) is 0 Å². The minimum absolute atomic E-state index is 0.290. The van der Waals surface area contributed by atoms with Crippen LogP contribution >= 0.6 is 0 Å². The van der Waals surface area contributed by atoms with Gasteiger partial charge in [-0.1, -0.05) is 18.2 Å². The summed E-state index contributed by atoms with van der Waals surface area (Å²) in [5, 5.41) is 19.0. The van der Waals surface area contributed by atoms with Crippen molar-refractivity contribution in [2.24, 2.45) is 0 Å². The number of hydrogen-bond acceptors (Lipinski definition) is 2. The number of phenolic OH excluding ortho intramolecular Hbond substituents is 1. The number of rotatable bonds is 2. The van der Waals surface area contributed by atoms with Crippen molar-refractivity contribution in [2.75, 3.05) is 0 Å². The molecule has 1 aromatic carbocycles. The Morgan fingerprint density at radius 3 is 2.50 bits per heavy atom. The van der Waals surface area contributed by atoms with Gasteiger partial charge in [-0.25, -0.2) is 0 Å². The number of hydrogen-bond donors (Lipinski definition) is 2. The van der Waals surface area contributed by atoms with Crippen LogP contribution in [-0.2, 0) is 6.42 Å². The van der Waals surface area contributed by atoms with Crippen LogP contribution in [0.5, 0.6) is 5.75 Å². The van der Waals surface area contributed by atoms with Gasteiger partial charge < -0.3 is 10.2 Å².